The maximum Gasteiger partial charge on any atom is 0.416 e. The van der Waals surface area contributed by atoms with Gasteiger partial charge in [0.2, 0.25) is 21.8 Å². The molecule has 3 aromatic rings. The van der Waals surface area contributed by atoms with Gasteiger partial charge in [-0.05, 0) is 47.9 Å². The van der Waals surface area contributed by atoms with Gasteiger partial charge in [0, 0.05) is 19.5 Å². The monoisotopic (exact) mass is 627 g/mol. The van der Waals surface area contributed by atoms with Gasteiger partial charge in [0.15, 0.2) is 0 Å². The Kier molecular flexibility index (Phi) is 11.0. The van der Waals surface area contributed by atoms with Crippen LogP contribution in [0.4, 0.5) is 23.2 Å². The van der Waals surface area contributed by atoms with E-state index in [1.54, 1.807) is 30.3 Å². The van der Waals surface area contributed by atoms with E-state index in [9.17, 15) is 35.6 Å². The van der Waals surface area contributed by atoms with Crippen molar-refractivity contribution in [3.63, 3.8) is 0 Å². The molecule has 0 bridgehead atoms. The molecule has 0 aliphatic carbocycles. The highest BCUT2D eigenvalue weighted by Gasteiger charge is 2.35. The molecule has 0 spiro atoms. The third-order valence-electron chi connectivity index (χ3n) is 6.31. The zero-order valence-electron chi connectivity index (χ0n) is 22.9. The van der Waals surface area contributed by atoms with Gasteiger partial charge in [-0.1, -0.05) is 61.0 Å². The number of sulfonamides is 1. The fourth-order valence-corrected chi connectivity index (χ4v) is 5.30. The third kappa shape index (κ3) is 8.93. The molecule has 0 aromatic heterocycles. The highest BCUT2D eigenvalue weighted by molar-refractivity contribution is 7.92. The number of alkyl halides is 3. The molecule has 0 fully saturated rings. The summed E-state index contributed by atoms with van der Waals surface area (Å²) < 4.78 is 80.2. The van der Waals surface area contributed by atoms with Gasteiger partial charge in [0.05, 0.1) is 22.5 Å². The Hall–Kier alpha value is -3.64. The van der Waals surface area contributed by atoms with Crippen LogP contribution in [0.5, 0.6) is 0 Å². The van der Waals surface area contributed by atoms with Crippen molar-refractivity contribution in [2.45, 2.75) is 38.5 Å². The van der Waals surface area contributed by atoms with E-state index in [4.69, 9.17) is 11.6 Å². The largest absolute Gasteiger partial charge is 0.416 e. The van der Waals surface area contributed by atoms with Crippen molar-refractivity contribution in [1.82, 2.24) is 10.2 Å². The summed E-state index contributed by atoms with van der Waals surface area (Å²) in [6, 6.07) is 15.0. The summed E-state index contributed by atoms with van der Waals surface area (Å²) in [5.74, 6) is -1.93. The van der Waals surface area contributed by atoms with Crippen LogP contribution in [-0.4, -0.2) is 50.5 Å². The molecule has 3 rings (SSSR count). The van der Waals surface area contributed by atoms with Crippen LogP contribution in [0.15, 0.2) is 72.8 Å². The molecule has 0 aliphatic rings. The van der Waals surface area contributed by atoms with E-state index in [1.165, 1.54) is 24.3 Å². The number of amides is 2. The van der Waals surface area contributed by atoms with Crippen molar-refractivity contribution in [2.24, 2.45) is 0 Å². The van der Waals surface area contributed by atoms with E-state index >= 15 is 0 Å². The number of hydrogen-bond acceptors (Lipinski definition) is 4. The van der Waals surface area contributed by atoms with Crippen LogP contribution in [0.2, 0.25) is 5.02 Å². The first kappa shape index (κ1) is 32.9. The fourth-order valence-electron chi connectivity index (χ4n) is 4.18. The molecule has 0 saturated carbocycles. The normalized spacial score (nSPS) is 12.5. The number of carbonyl (C=O) groups is 2. The molecule has 0 aliphatic heterocycles. The van der Waals surface area contributed by atoms with Crippen molar-refractivity contribution in [1.29, 1.82) is 0 Å². The average Bonchev–Trinajstić information content (AvgIpc) is 2.93. The molecule has 0 radical (unpaired) electrons. The summed E-state index contributed by atoms with van der Waals surface area (Å²) in [6.45, 7) is 0.978. The summed E-state index contributed by atoms with van der Waals surface area (Å²) in [5, 5.41) is 2.43. The molecule has 226 valence electrons. The van der Waals surface area contributed by atoms with Crippen LogP contribution in [0.1, 0.15) is 30.0 Å². The fraction of sp³-hybridized carbons (Fsp3) is 0.310. The lowest BCUT2D eigenvalue weighted by Crippen LogP contribution is -2.53. The van der Waals surface area contributed by atoms with Crippen molar-refractivity contribution in [3.8, 4) is 0 Å². The van der Waals surface area contributed by atoms with Crippen LogP contribution in [0.25, 0.3) is 0 Å². The standard InChI is InChI=1S/C29H30ClF4N3O4S/c1-3-15-35-28(39)26(16-20-7-5-4-6-8-20)36(18-21-9-12-23(31)13-10-21)27(38)19-37(42(2,40)41)25-17-22(29(32,33)34)11-14-24(25)30/h4-14,17,26H,3,15-16,18-19H2,1-2H3,(H,35,39)/t26-/m1/s1. The number of nitrogens with zero attached hydrogens (tertiary/aromatic N) is 2. The average molecular weight is 628 g/mol. The number of nitrogens with one attached hydrogen (secondary N) is 1. The Morgan fingerprint density at radius 1 is 0.976 bits per heavy atom. The van der Waals surface area contributed by atoms with Gasteiger partial charge in [-0.15, -0.1) is 0 Å². The SMILES string of the molecule is CCCNC(=O)[C@@H](Cc1ccccc1)N(Cc1ccc(F)cc1)C(=O)CN(c1cc(C(F)(F)F)ccc1Cl)S(C)(=O)=O. The predicted molar refractivity (Wildman–Crippen MR) is 153 cm³/mol. The zero-order chi connectivity index (χ0) is 31.1. The van der Waals surface area contributed by atoms with Crippen LogP contribution < -0.4 is 9.62 Å². The summed E-state index contributed by atoms with van der Waals surface area (Å²) in [5.41, 5.74) is -0.563. The molecule has 2 amide bonds. The lowest BCUT2D eigenvalue weighted by atomic mass is 10.0. The molecule has 1 N–H and O–H groups in total. The summed E-state index contributed by atoms with van der Waals surface area (Å²) in [6.07, 6.45) is -3.42. The molecule has 7 nitrogen and oxygen atoms in total. The number of hydrogen-bond donors (Lipinski definition) is 1. The first-order valence-electron chi connectivity index (χ1n) is 12.9. The number of rotatable bonds is 12. The topological polar surface area (TPSA) is 86.8 Å². The van der Waals surface area contributed by atoms with Crippen LogP contribution in [0, 0.1) is 5.82 Å². The van der Waals surface area contributed by atoms with E-state index in [0.29, 0.717) is 40.5 Å². The Labute approximate surface area is 247 Å². The Morgan fingerprint density at radius 2 is 1.62 bits per heavy atom. The van der Waals surface area contributed by atoms with Crippen LogP contribution >= 0.6 is 11.6 Å². The quantitative estimate of drug-likeness (QED) is 0.271. The minimum absolute atomic E-state index is 0.0481. The summed E-state index contributed by atoms with van der Waals surface area (Å²) >= 11 is 6.13. The maximum atomic E-state index is 13.9. The molecule has 42 heavy (non-hydrogen) atoms. The Bertz CT molecular complexity index is 1490. The van der Waals surface area contributed by atoms with E-state index in [1.807, 2.05) is 6.92 Å². The summed E-state index contributed by atoms with van der Waals surface area (Å²) in [4.78, 5) is 28.5. The minimum Gasteiger partial charge on any atom is -0.354 e. The number of anilines is 1. The zero-order valence-corrected chi connectivity index (χ0v) is 24.4. The van der Waals surface area contributed by atoms with Gasteiger partial charge >= 0.3 is 6.18 Å². The smallest absolute Gasteiger partial charge is 0.354 e. The van der Waals surface area contributed by atoms with Crippen LogP contribution in [-0.2, 0) is 38.8 Å². The van der Waals surface area contributed by atoms with Crippen LogP contribution in [0.3, 0.4) is 0 Å². The third-order valence-corrected chi connectivity index (χ3v) is 7.75. The molecule has 1 atom stereocenters. The van der Waals surface area contributed by atoms with E-state index in [2.05, 4.69) is 5.32 Å². The van der Waals surface area contributed by atoms with Crippen molar-refractivity contribution >= 4 is 39.1 Å². The molecule has 0 unspecified atom stereocenters. The van der Waals surface area contributed by atoms with Crippen molar-refractivity contribution < 1.29 is 35.6 Å². The number of benzene rings is 3. The predicted octanol–water partition coefficient (Wildman–Crippen LogP) is 5.43. The molecule has 0 heterocycles. The second-order valence-corrected chi connectivity index (χ2v) is 11.9. The van der Waals surface area contributed by atoms with Gasteiger partial charge in [-0.25, -0.2) is 12.8 Å². The van der Waals surface area contributed by atoms with Gasteiger partial charge in [0.1, 0.15) is 18.4 Å². The highest BCUT2D eigenvalue weighted by atomic mass is 35.5. The molecule has 3 aromatic carbocycles. The first-order chi connectivity index (χ1) is 19.7. The van der Waals surface area contributed by atoms with Gasteiger partial charge in [0.25, 0.3) is 0 Å². The second-order valence-electron chi connectivity index (χ2n) is 9.58. The second kappa shape index (κ2) is 14.0. The highest BCUT2D eigenvalue weighted by Crippen LogP contribution is 2.36. The van der Waals surface area contributed by atoms with E-state index in [-0.39, 0.29) is 18.0 Å². The molecular formula is C29H30ClF4N3O4S. The van der Waals surface area contributed by atoms with Gasteiger partial charge < -0.3 is 10.2 Å². The lowest BCUT2D eigenvalue weighted by Gasteiger charge is -2.33. The van der Waals surface area contributed by atoms with E-state index < -0.39 is 57.7 Å². The van der Waals surface area contributed by atoms with Gasteiger partial charge in [-0.2, -0.15) is 13.2 Å². The molecule has 0 saturated heterocycles. The number of halogens is 5. The number of carbonyl (C=O) groups excluding carboxylic acids is 2. The van der Waals surface area contributed by atoms with Gasteiger partial charge in [-0.3, -0.25) is 13.9 Å². The van der Waals surface area contributed by atoms with Crippen molar-refractivity contribution in [3.05, 3.63) is 100 Å². The molecular weight excluding hydrogens is 598 g/mol. The Balaban J connectivity index is 2.09. The lowest BCUT2D eigenvalue weighted by molar-refractivity contribution is -0.140. The maximum absolute atomic E-state index is 13.9. The minimum atomic E-state index is -4.81. The van der Waals surface area contributed by atoms with E-state index in [0.717, 1.165) is 17.2 Å². The Morgan fingerprint density at radius 3 is 2.19 bits per heavy atom. The van der Waals surface area contributed by atoms with Crippen molar-refractivity contribution in [2.75, 3.05) is 23.7 Å². The first-order valence-corrected chi connectivity index (χ1v) is 15.1. The molecule has 13 heteroatoms. The summed E-state index contributed by atoms with van der Waals surface area (Å²) in [7, 11) is -4.34.